The molecule has 2 aliphatic rings. The first kappa shape index (κ1) is 8.14. The van der Waals surface area contributed by atoms with Crippen LogP contribution in [0.2, 0.25) is 0 Å². The summed E-state index contributed by atoms with van der Waals surface area (Å²) in [5.74, 6) is 0. The maximum atomic E-state index is 5.28. The van der Waals surface area contributed by atoms with E-state index in [1.165, 1.54) is 18.4 Å². The lowest BCUT2D eigenvalue weighted by Crippen LogP contribution is -2.22. The van der Waals surface area contributed by atoms with Crippen LogP contribution < -0.4 is 5.32 Å². The van der Waals surface area contributed by atoms with Crippen molar-refractivity contribution in [3.05, 3.63) is 23.8 Å². The van der Waals surface area contributed by atoms with Crippen LogP contribution in [0.4, 0.5) is 0 Å². The van der Waals surface area contributed by atoms with Gasteiger partial charge in [0, 0.05) is 17.8 Å². The Labute approximate surface area is 78.5 Å². The summed E-state index contributed by atoms with van der Waals surface area (Å²) in [6.07, 6.45) is 9.70. The number of thiocarbonyl (C=S) groups is 1. The molecule has 2 heteroatoms. The third kappa shape index (κ3) is 1.50. The van der Waals surface area contributed by atoms with Crippen LogP contribution in [0, 0.1) is 0 Å². The summed E-state index contributed by atoms with van der Waals surface area (Å²) < 4.78 is 0. The maximum Gasteiger partial charge on any atom is 0.0507 e. The maximum absolute atomic E-state index is 5.28. The van der Waals surface area contributed by atoms with E-state index in [4.69, 9.17) is 12.2 Å². The number of hydrogen-bond acceptors (Lipinski definition) is 1. The van der Waals surface area contributed by atoms with E-state index in [1.807, 2.05) is 0 Å². The molecule has 0 aromatic rings. The lowest BCUT2D eigenvalue weighted by Gasteiger charge is -2.16. The monoisotopic (exact) mass is 178 g/mol. The van der Waals surface area contributed by atoms with E-state index < -0.39 is 0 Å². The highest BCUT2D eigenvalue weighted by Crippen LogP contribution is 2.21. The fourth-order valence-corrected chi connectivity index (χ4v) is 2.03. The summed E-state index contributed by atoms with van der Waals surface area (Å²) in [7, 11) is 0. The third-order valence-corrected chi connectivity index (χ3v) is 2.78. The van der Waals surface area contributed by atoms with Gasteiger partial charge in [-0.15, -0.1) is 0 Å². The van der Waals surface area contributed by atoms with Crippen LogP contribution in [0.15, 0.2) is 23.8 Å². The van der Waals surface area contributed by atoms with Gasteiger partial charge >= 0.3 is 0 Å². The van der Waals surface area contributed by atoms with Crippen LogP contribution >= 0.6 is 12.2 Å². The lowest BCUT2D eigenvalue weighted by molar-refractivity contribution is 0.696. The molecular formula is C10H12NS. The summed E-state index contributed by atoms with van der Waals surface area (Å²) in [4.78, 5) is 1.09. The molecule has 1 radical (unpaired) electrons. The van der Waals surface area contributed by atoms with Gasteiger partial charge in [0.1, 0.15) is 0 Å². The molecule has 2 rings (SSSR count). The molecule has 63 valence electrons. The van der Waals surface area contributed by atoms with E-state index in [1.54, 1.807) is 0 Å². The summed E-state index contributed by atoms with van der Waals surface area (Å²) in [5.41, 5.74) is 1.30. The quantitative estimate of drug-likeness (QED) is 0.560. The van der Waals surface area contributed by atoms with E-state index in [-0.39, 0.29) is 0 Å². The van der Waals surface area contributed by atoms with Crippen molar-refractivity contribution in [3.8, 4) is 0 Å². The molecule has 1 unspecified atom stereocenters. The molecule has 1 heterocycles. The molecule has 1 saturated heterocycles. The second-order valence-corrected chi connectivity index (χ2v) is 3.73. The van der Waals surface area contributed by atoms with Crippen LogP contribution in [0.1, 0.15) is 19.3 Å². The minimum Gasteiger partial charge on any atom is -0.234 e. The lowest BCUT2D eigenvalue weighted by atomic mass is 9.97. The highest BCUT2D eigenvalue weighted by atomic mass is 32.1. The van der Waals surface area contributed by atoms with Gasteiger partial charge < -0.3 is 0 Å². The van der Waals surface area contributed by atoms with Crippen LogP contribution in [0.3, 0.4) is 0 Å². The normalized spacial score (nSPS) is 29.2. The molecule has 0 spiro atoms. The summed E-state index contributed by atoms with van der Waals surface area (Å²) in [6, 6.07) is 0.419. The Bertz CT molecular complexity index is 247. The molecule has 0 aromatic carbocycles. The standard InChI is InChI=1S/C10H12NS/c12-10-6-2-1-4-8(10)9-5-3-7-11-9/h1-2,4,9H,3,5-7H2. The molecule has 1 atom stereocenters. The molecule has 0 amide bonds. The van der Waals surface area contributed by atoms with E-state index in [2.05, 4.69) is 23.5 Å². The van der Waals surface area contributed by atoms with Crippen molar-refractivity contribution >= 4 is 17.1 Å². The Morgan fingerprint density at radius 3 is 3.08 bits per heavy atom. The predicted molar refractivity (Wildman–Crippen MR) is 54.5 cm³/mol. The number of nitrogens with zero attached hydrogens (tertiary/aromatic N) is 1. The zero-order chi connectivity index (χ0) is 8.39. The molecule has 1 aliphatic heterocycles. The first-order chi connectivity index (χ1) is 5.88. The molecule has 0 N–H and O–H groups in total. The molecule has 1 aliphatic carbocycles. The molecule has 0 saturated carbocycles. The molecule has 12 heavy (non-hydrogen) atoms. The van der Waals surface area contributed by atoms with Crippen molar-refractivity contribution in [2.24, 2.45) is 0 Å². The molecule has 1 fully saturated rings. The van der Waals surface area contributed by atoms with Gasteiger partial charge in [0.15, 0.2) is 0 Å². The molecule has 1 nitrogen and oxygen atoms in total. The summed E-state index contributed by atoms with van der Waals surface area (Å²) in [6.45, 7) is 1.02. The topological polar surface area (TPSA) is 14.1 Å². The van der Waals surface area contributed by atoms with Crippen molar-refractivity contribution in [2.45, 2.75) is 25.3 Å². The molecular weight excluding hydrogens is 166 g/mol. The fourth-order valence-electron chi connectivity index (χ4n) is 1.73. The predicted octanol–water partition coefficient (Wildman–Crippen LogP) is 2.01. The van der Waals surface area contributed by atoms with Crippen molar-refractivity contribution < 1.29 is 0 Å². The Kier molecular flexibility index (Phi) is 2.38. The van der Waals surface area contributed by atoms with Gasteiger partial charge in [0.2, 0.25) is 0 Å². The smallest absolute Gasteiger partial charge is 0.0507 e. The first-order valence-electron chi connectivity index (χ1n) is 4.44. The summed E-state index contributed by atoms with van der Waals surface area (Å²) >= 11 is 5.28. The SMILES string of the molecule is S=C1CC=CC=C1C1CCC[N]1. The molecule has 0 aromatic heterocycles. The van der Waals surface area contributed by atoms with Crippen molar-refractivity contribution in [1.29, 1.82) is 0 Å². The zero-order valence-corrected chi connectivity index (χ0v) is 7.81. The van der Waals surface area contributed by atoms with Crippen molar-refractivity contribution in [1.82, 2.24) is 5.32 Å². The van der Waals surface area contributed by atoms with E-state index in [0.717, 1.165) is 17.8 Å². The van der Waals surface area contributed by atoms with E-state index >= 15 is 0 Å². The zero-order valence-electron chi connectivity index (χ0n) is 6.99. The fraction of sp³-hybridized carbons (Fsp3) is 0.500. The van der Waals surface area contributed by atoms with Crippen LogP contribution in [0.5, 0.6) is 0 Å². The van der Waals surface area contributed by atoms with Gasteiger partial charge in [-0.3, -0.25) is 0 Å². The minimum atomic E-state index is 0.419. The van der Waals surface area contributed by atoms with Gasteiger partial charge in [-0.2, -0.15) is 0 Å². The van der Waals surface area contributed by atoms with E-state index in [9.17, 15) is 0 Å². The number of hydrogen-bond donors (Lipinski definition) is 0. The Morgan fingerprint density at radius 1 is 1.50 bits per heavy atom. The summed E-state index contributed by atoms with van der Waals surface area (Å²) in [5, 5.41) is 4.52. The van der Waals surface area contributed by atoms with Crippen molar-refractivity contribution in [3.63, 3.8) is 0 Å². The van der Waals surface area contributed by atoms with Gasteiger partial charge in [-0.1, -0.05) is 30.4 Å². The van der Waals surface area contributed by atoms with Gasteiger partial charge in [0.25, 0.3) is 0 Å². The van der Waals surface area contributed by atoms with Crippen LogP contribution in [0.25, 0.3) is 0 Å². The number of rotatable bonds is 1. The van der Waals surface area contributed by atoms with E-state index in [0.29, 0.717) is 6.04 Å². The van der Waals surface area contributed by atoms with Gasteiger partial charge in [-0.05, 0) is 18.4 Å². The average molecular weight is 178 g/mol. The highest BCUT2D eigenvalue weighted by molar-refractivity contribution is 7.80. The highest BCUT2D eigenvalue weighted by Gasteiger charge is 2.22. The third-order valence-electron chi connectivity index (χ3n) is 2.38. The second kappa shape index (κ2) is 3.50. The Morgan fingerprint density at radius 2 is 2.42 bits per heavy atom. The Balaban J connectivity index is 2.14. The van der Waals surface area contributed by atoms with Crippen molar-refractivity contribution in [2.75, 3.05) is 6.54 Å². The van der Waals surface area contributed by atoms with Crippen LogP contribution in [-0.2, 0) is 0 Å². The average Bonchev–Trinajstić information content (AvgIpc) is 2.57. The van der Waals surface area contributed by atoms with Gasteiger partial charge in [-0.25, -0.2) is 5.32 Å². The second-order valence-electron chi connectivity index (χ2n) is 3.24. The van der Waals surface area contributed by atoms with Gasteiger partial charge in [0.05, 0.1) is 6.04 Å². The van der Waals surface area contributed by atoms with Crippen LogP contribution in [-0.4, -0.2) is 17.5 Å². The first-order valence-corrected chi connectivity index (χ1v) is 4.85. The number of allylic oxidation sites excluding steroid dienone is 3. The molecule has 0 bridgehead atoms. The Hall–Kier alpha value is -0.470. The largest absolute Gasteiger partial charge is 0.234 e. The minimum absolute atomic E-state index is 0.419.